The molecule has 18 heavy (non-hydrogen) atoms. The van der Waals surface area contributed by atoms with E-state index in [4.69, 9.17) is 10.3 Å². The Balaban J connectivity index is 1.99. The van der Waals surface area contributed by atoms with E-state index in [0.717, 1.165) is 24.8 Å². The van der Waals surface area contributed by atoms with Crippen molar-refractivity contribution in [2.24, 2.45) is 5.73 Å². The highest BCUT2D eigenvalue weighted by atomic mass is 16.5. The van der Waals surface area contributed by atoms with Gasteiger partial charge in [-0.1, -0.05) is 35.0 Å². The monoisotopic (exact) mass is 245 g/mol. The van der Waals surface area contributed by atoms with Gasteiger partial charge in [0.05, 0.1) is 0 Å². The van der Waals surface area contributed by atoms with Gasteiger partial charge >= 0.3 is 0 Å². The Labute approximate surface area is 107 Å². The number of benzene rings is 1. The van der Waals surface area contributed by atoms with Crippen molar-refractivity contribution in [3.8, 4) is 11.4 Å². The fourth-order valence-electron chi connectivity index (χ4n) is 1.75. The summed E-state index contributed by atoms with van der Waals surface area (Å²) in [5.41, 5.74) is 7.91. The van der Waals surface area contributed by atoms with Crippen LogP contribution in [-0.2, 0) is 6.42 Å². The van der Waals surface area contributed by atoms with Crippen molar-refractivity contribution in [2.75, 3.05) is 0 Å². The van der Waals surface area contributed by atoms with E-state index in [1.165, 1.54) is 5.56 Å². The maximum absolute atomic E-state index is 5.70. The first-order chi connectivity index (χ1) is 8.65. The highest BCUT2D eigenvalue weighted by molar-refractivity contribution is 5.54. The van der Waals surface area contributed by atoms with Gasteiger partial charge in [-0.3, -0.25) is 0 Å². The van der Waals surface area contributed by atoms with Crippen LogP contribution in [0.5, 0.6) is 0 Å². The predicted octanol–water partition coefficient (Wildman–Crippen LogP) is 2.71. The third-order valence-electron chi connectivity index (χ3n) is 2.83. The zero-order valence-electron chi connectivity index (χ0n) is 10.9. The quantitative estimate of drug-likeness (QED) is 0.879. The van der Waals surface area contributed by atoms with Gasteiger partial charge in [0, 0.05) is 18.0 Å². The lowest BCUT2D eigenvalue weighted by atomic mass is 10.1. The number of nitrogens with two attached hydrogens (primary N) is 1. The number of rotatable bonds is 5. The van der Waals surface area contributed by atoms with E-state index in [1.807, 2.05) is 31.2 Å². The predicted molar refractivity (Wildman–Crippen MR) is 71.1 cm³/mol. The summed E-state index contributed by atoms with van der Waals surface area (Å²) in [6, 6.07) is 8.32. The van der Waals surface area contributed by atoms with Crippen LogP contribution in [0.4, 0.5) is 0 Å². The van der Waals surface area contributed by atoms with Crippen molar-refractivity contribution in [1.82, 2.24) is 10.1 Å². The summed E-state index contributed by atoms with van der Waals surface area (Å²) >= 11 is 0. The van der Waals surface area contributed by atoms with Crippen LogP contribution in [0.15, 0.2) is 28.8 Å². The molecule has 0 fully saturated rings. The van der Waals surface area contributed by atoms with Crippen LogP contribution in [-0.4, -0.2) is 16.2 Å². The summed E-state index contributed by atoms with van der Waals surface area (Å²) in [5.74, 6) is 1.34. The molecule has 0 saturated carbocycles. The number of hydrogen-bond donors (Lipinski definition) is 1. The molecule has 2 N–H and O–H groups in total. The van der Waals surface area contributed by atoms with Crippen LogP contribution in [0.25, 0.3) is 11.4 Å². The Morgan fingerprint density at radius 2 is 2.00 bits per heavy atom. The van der Waals surface area contributed by atoms with Gasteiger partial charge in [0.1, 0.15) is 0 Å². The van der Waals surface area contributed by atoms with Crippen molar-refractivity contribution >= 4 is 0 Å². The fraction of sp³-hybridized carbons (Fsp3) is 0.429. The first-order valence-electron chi connectivity index (χ1n) is 6.30. The van der Waals surface area contributed by atoms with Crippen LogP contribution in [0, 0.1) is 6.92 Å². The van der Waals surface area contributed by atoms with Gasteiger partial charge in [-0.05, 0) is 26.7 Å². The second kappa shape index (κ2) is 5.78. The highest BCUT2D eigenvalue weighted by Crippen LogP contribution is 2.17. The lowest BCUT2D eigenvalue weighted by Gasteiger charge is -2.00. The number of aromatic nitrogens is 2. The summed E-state index contributed by atoms with van der Waals surface area (Å²) < 4.78 is 5.23. The molecular weight excluding hydrogens is 226 g/mol. The third kappa shape index (κ3) is 3.40. The second-order valence-electron chi connectivity index (χ2n) is 4.75. The molecule has 0 spiro atoms. The Kier molecular flexibility index (Phi) is 4.10. The van der Waals surface area contributed by atoms with Gasteiger partial charge in [-0.25, -0.2) is 0 Å². The maximum Gasteiger partial charge on any atom is 0.226 e. The Bertz CT molecular complexity index is 488. The average Bonchev–Trinajstić information content (AvgIpc) is 2.78. The van der Waals surface area contributed by atoms with Gasteiger partial charge in [-0.15, -0.1) is 0 Å². The van der Waals surface area contributed by atoms with E-state index in [2.05, 4.69) is 17.1 Å². The molecule has 4 nitrogen and oxygen atoms in total. The molecule has 4 heteroatoms. The first kappa shape index (κ1) is 12.8. The van der Waals surface area contributed by atoms with E-state index < -0.39 is 0 Å². The molecule has 0 aliphatic heterocycles. The van der Waals surface area contributed by atoms with Gasteiger partial charge in [0.15, 0.2) is 0 Å². The molecule has 1 unspecified atom stereocenters. The molecule has 2 aromatic rings. The van der Waals surface area contributed by atoms with Gasteiger partial charge in [-0.2, -0.15) is 4.98 Å². The Morgan fingerprint density at radius 3 is 2.67 bits per heavy atom. The Morgan fingerprint density at radius 1 is 1.28 bits per heavy atom. The number of hydrogen-bond acceptors (Lipinski definition) is 4. The Hall–Kier alpha value is -1.68. The van der Waals surface area contributed by atoms with Crippen LogP contribution in [0.1, 0.15) is 31.2 Å². The molecule has 1 aromatic heterocycles. The summed E-state index contributed by atoms with van der Waals surface area (Å²) in [5, 5.41) is 4.00. The molecule has 0 amide bonds. The second-order valence-corrected chi connectivity index (χ2v) is 4.75. The maximum atomic E-state index is 5.70. The largest absolute Gasteiger partial charge is 0.339 e. The van der Waals surface area contributed by atoms with Crippen LogP contribution in [0.2, 0.25) is 0 Å². The molecule has 96 valence electrons. The van der Waals surface area contributed by atoms with Crippen molar-refractivity contribution in [3.05, 3.63) is 35.7 Å². The lowest BCUT2D eigenvalue weighted by molar-refractivity contribution is 0.373. The molecule has 1 atom stereocenters. The molecule has 1 aromatic carbocycles. The van der Waals surface area contributed by atoms with E-state index in [-0.39, 0.29) is 6.04 Å². The minimum atomic E-state index is 0.226. The molecule has 0 radical (unpaired) electrons. The minimum absolute atomic E-state index is 0.226. The summed E-state index contributed by atoms with van der Waals surface area (Å²) in [6.45, 7) is 4.06. The molecular formula is C14H19N3O. The van der Waals surface area contributed by atoms with Crippen molar-refractivity contribution in [3.63, 3.8) is 0 Å². The SMILES string of the molecule is Cc1ccc(-c2noc(CCCC(C)N)n2)cc1. The number of nitrogens with zero attached hydrogens (tertiary/aromatic N) is 2. The molecule has 0 bridgehead atoms. The van der Waals surface area contributed by atoms with E-state index in [9.17, 15) is 0 Å². The number of aryl methyl sites for hydroxylation is 2. The summed E-state index contributed by atoms with van der Waals surface area (Å²) in [6.07, 6.45) is 2.75. The highest BCUT2D eigenvalue weighted by Gasteiger charge is 2.08. The van der Waals surface area contributed by atoms with E-state index >= 15 is 0 Å². The van der Waals surface area contributed by atoms with Crippen molar-refractivity contribution in [2.45, 2.75) is 39.2 Å². The topological polar surface area (TPSA) is 64.9 Å². The van der Waals surface area contributed by atoms with Crippen LogP contribution in [0.3, 0.4) is 0 Å². The molecule has 1 heterocycles. The first-order valence-corrected chi connectivity index (χ1v) is 6.30. The lowest BCUT2D eigenvalue weighted by Crippen LogP contribution is -2.14. The van der Waals surface area contributed by atoms with Gasteiger partial charge in [0.2, 0.25) is 11.7 Å². The molecule has 0 aliphatic carbocycles. The van der Waals surface area contributed by atoms with Gasteiger partial charge < -0.3 is 10.3 Å². The van der Waals surface area contributed by atoms with Crippen molar-refractivity contribution in [1.29, 1.82) is 0 Å². The molecule has 0 aliphatic rings. The molecule has 2 rings (SSSR count). The molecule has 0 saturated heterocycles. The average molecular weight is 245 g/mol. The zero-order valence-corrected chi connectivity index (χ0v) is 10.9. The fourth-order valence-corrected chi connectivity index (χ4v) is 1.75. The van der Waals surface area contributed by atoms with Crippen LogP contribution < -0.4 is 5.73 Å². The minimum Gasteiger partial charge on any atom is -0.339 e. The standard InChI is InChI=1S/C14H19N3O/c1-10-6-8-12(9-7-10)14-16-13(18-17-14)5-3-4-11(2)15/h6-9,11H,3-5,15H2,1-2H3. The summed E-state index contributed by atoms with van der Waals surface area (Å²) in [4.78, 5) is 4.39. The van der Waals surface area contributed by atoms with E-state index in [1.54, 1.807) is 0 Å². The summed E-state index contributed by atoms with van der Waals surface area (Å²) in [7, 11) is 0. The zero-order chi connectivity index (χ0) is 13.0. The third-order valence-corrected chi connectivity index (χ3v) is 2.83. The smallest absolute Gasteiger partial charge is 0.226 e. The normalized spacial score (nSPS) is 12.6. The van der Waals surface area contributed by atoms with Crippen molar-refractivity contribution < 1.29 is 4.52 Å². The van der Waals surface area contributed by atoms with Gasteiger partial charge in [0.25, 0.3) is 0 Å². The van der Waals surface area contributed by atoms with Crippen LogP contribution >= 0.6 is 0 Å². The van der Waals surface area contributed by atoms with E-state index in [0.29, 0.717) is 11.7 Å².